The Balaban J connectivity index is 7.16. The molecule has 442 valence electrons. The van der Waals surface area contributed by atoms with Crippen molar-refractivity contribution in [1.82, 2.24) is 31.9 Å². The molecule has 6 amide bonds. The molecule has 0 saturated heterocycles. The number of nitrogens with one attached hydrogen (secondary N) is 6. The fraction of sp³-hybridized carbons (Fsp3) is 0.667. The SMILES string of the molecule is NC(N)=NCCCC(N)C(=O)NC(CCCN=C(N)N)C(=O)NC(CCCN=C(N)N)C(=O)NC(CCCN=C(N)N)C(=O)NC(CCCN=C(N)N)C(=O)NC(CCCN=C(N)N)C(=O)NC(CCCN=C(N)N)C(=O)O. The molecule has 0 aliphatic carbocycles. The quantitative estimate of drug-likeness (QED) is 0.0154. The first-order chi connectivity index (χ1) is 36.7. The first kappa shape index (κ1) is 69.1. The minimum Gasteiger partial charge on any atom is -0.480 e. The number of carbonyl (C=O) groups is 7. The van der Waals surface area contributed by atoms with Crippen LogP contribution in [0.5, 0.6) is 0 Å². The smallest absolute Gasteiger partial charge is 0.326 e. The van der Waals surface area contributed by atoms with Gasteiger partial charge in [-0.2, -0.15) is 0 Å². The zero-order valence-corrected chi connectivity index (χ0v) is 44.0. The summed E-state index contributed by atoms with van der Waals surface area (Å²) < 4.78 is 0. The van der Waals surface area contributed by atoms with Gasteiger partial charge in [-0.25, -0.2) is 4.79 Å². The van der Waals surface area contributed by atoms with Crippen molar-refractivity contribution in [2.45, 2.75) is 132 Å². The molecule has 36 heteroatoms. The molecule has 78 heavy (non-hydrogen) atoms. The van der Waals surface area contributed by atoms with Gasteiger partial charge in [0.25, 0.3) is 0 Å². The Kier molecular flexibility index (Phi) is 35.0. The maximum atomic E-state index is 14.4. The van der Waals surface area contributed by atoms with Crippen molar-refractivity contribution in [3.05, 3.63) is 0 Å². The van der Waals surface area contributed by atoms with E-state index < -0.39 is 83.7 Å². The molecular weight excluding hydrogens is 1020 g/mol. The topological polar surface area (TPSA) is 689 Å². The second kappa shape index (κ2) is 39.5. The fourth-order valence-corrected chi connectivity index (χ4v) is 6.91. The van der Waals surface area contributed by atoms with Gasteiger partial charge in [-0.1, -0.05) is 0 Å². The van der Waals surface area contributed by atoms with E-state index >= 15 is 0 Å². The lowest BCUT2D eigenvalue weighted by Crippen LogP contribution is -2.59. The highest BCUT2D eigenvalue weighted by Crippen LogP contribution is 2.10. The van der Waals surface area contributed by atoms with Gasteiger partial charge in [0.15, 0.2) is 41.7 Å². The Morgan fingerprint density at radius 1 is 0.282 bits per heavy atom. The average molecular weight is 1110 g/mol. The number of nitrogens with two attached hydrogens (primary N) is 15. The van der Waals surface area contributed by atoms with Crippen LogP contribution in [0.15, 0.2) is 34.9 Å². The first-order valence-corrected chi connectivity index (χ1v) is 24.9. The number of guanidine groups is 7. The number of carboxylic acids is 1. The standard InChI is InChI=1S/C42H86N28O8/c43-22(8-1-15-58-36(44)45)29(71)65-23(9-2-16-59-37(46)47)30(72)66-24(10-3-17-60-38(48)49)31(73)67-25(11-4-18-61-39(50)51)32(74)68-26(12-5-19-62-40(52)53)33(75)69-27(13-6-20-63-41(54)55)34(76)70-28(35(77)78)14-7-21-64-42(56)57/h22-28H,1-21,43H2,(H,65,71)(H,66,72)(H,67,73)(H,68,74)(H,69,75)(H,70,76)(H,77,78)(H4,44,45,58)(H4,46,47,59)(H4,48,49,60)(H4,50,51,61)(H4,52,53,62)(H4,54,55,63)(H4,56,57,64). The van der Waals surface area contributed by atoms with Crippen LogP contribution in [0.3, 0.4) is 0 Å². The van der Waals surface area contributed by atoms with Crippen molar-refractivity contribution in [3.8, 4) is 0 Å². The second-order valence-electron chi connectivity index (χ2n) is 17.5. The van der Waals surface area contributed by atoms with Crippen molar-refractivity contribution >= 4 is 83.1 Å². The van der Waals surface area contributed by atoms with E-state index in [0.29, 0.717) is 6.42 Å². The van der Waals surface area contributed by atoms with E-state index in [2.05, 4.69) is 66.8 Å². The molecule has 37 N–H and O–H groups in total. The Morgan fingerprint density at radius 2 is 0.449 bits per heavy atom. The Hall–Kier alpha value is -8.86. The molecular formula is C42H86N28O8. The number of nitrogens with zero attached hydrogens (tertiary/aromatic N) is 7. The molecule has 7 unspecified atom stereocenters. The summed E-state index contributed by atoms with van der Waals surface area (Å²) in [6.07, 6.45) is 0.582. The summed E-state index contributed by atoms with van der Waals surface area (Å²) in [5, 5.41) is 25.5. The Bertz CT molecular complexity index is 2110. The van der Waals surface area contributed by atoms with Crippen LogP contribution in [-0.2, 0) is 33.6 Å². The van der Waals surface area contributed by atoms with E-state index in [9.17, 15) is 38.7 Å². The number of aliphatic carboxylic acids is 1. The maximum Gasteiger partial charge on any atom is 0.326 e. The van der Waals surface area contributed by atoms with Gasteiger partial charge in [0.05, 0.1) is 6.04 Å². The van der Waals surface area contributed by atoms with Gasteiger partial charge in [0.1, 0.15) is 36.3 Å². The first-order valence-electron chi connectivity index (χ1n) is 24.9. The van der Waals surface area contributed by atoms with Gasteiger partial charge >= 0.3 is 5.97 Å². The summed E-state index contributed by atoms with van der Waals surface area (Å²) >= 11 is 0. The normalized spacial score (nSPS) is 13.2. The molecule has 0 spiro atoms. The number of rotatable bonds is 41. The highest BCUT2D eigenvalue weighted by molar-refractivity contribution is 5.97. The van der Waals surface area contributed by atoms with E-state index in [-0.39, 0.29) is 171 Å². The van der Waals surface area contributed by atoms with Gasteiger partial charge < -0.3 is 123 Å². The van der Waals surface area contributed by atoms with Gasteiger partial charge in [-0.05, 0) is 89.9 Å². The third-order valence-electron chi connectivity index (χ3n) is 10.8. The minimum atomic E-state index is -1.46. The van der Waals surface area contributed by atoms with Crippen LogP contribution in [-0.4, -0.2) is 176 Å². The molecule has 0 rings (SSSR count). The third kappa shape index (κ3) is 34.6. The zero-order valence-electron chi connectivity index (χ0n) is 44.0. The summed E-state index contributed by atoms with van der Waals surface area (Å²) in [6.45, 7) is 0.333. The van der Waals surface area contributed by atoms with E-state index in [4.69, 9.17) is 86.0 Å². The summed E-state index contributed by atoms with van der Waals surface area (Å²) in [6, 6.07) is -9.55. The molecule has 0 fully saturated rings. The molecule has 0 saturated carbocycles. The van der Waals surface area contributed by atoms with Crippen LogP contribution >= 0.6 is 0 Å². The molecule has 0 aromatic heterocycles. The predicted octanol–water partition coefficient (Wildman–Crippen LogP) is -10.3. The average Bonchev–Trinajstić information content (AvgIpc) is 3.34. The number of carboxylic acid groups (broad SMARTS) is 1. The molecule has 0 bridgehead atoms. The number of hydrogen-bond donors (Lipinski definition) is 22. The Morgan fingerprint density at radius 3 is 0.641 bits per heavy atom. The van der Waals surface area contributed by atoms with Gasteiger partial charge in [-0.15, -0.1) is 0 Å². The summed E-state index contributed by atoms with van der Waals surface area (Å²) in [4.78, 5) is 124. The van der Waals surface area contributed by atoms with Gasteiger partial charge in [0.2, 0.25) is 35.4 Å². The largest absolute Gasteiger partial charge is 0.480 e. The third-order valence-corrected chi connectivity index (χ3v) is 10.8. The monoisotopic (exact) mass is 1110 g/mol. The zero-order chi connectivity index (χ0) is 59.2. The minimum absolute atomic E-state index is 0.00837. The predicted molar refractivity (Wildman–Crippen MR) is 297 cm³/mol. The lowest BCUT2D eigenvalue weighted by molar-refractivity contribution is -0.142. The van der Waals surface area contributed by atoms with Crippen molar-refractivity contribution in [1.29, 1.82) is 0 Å². The maximum absolute atomic E-state index is 14.4. The Labute approximate surface area is 451 Å². The second-order valence-corrected chi connectivity index (χ2v) is 17.5. The van der Waals surface area contributed by atoms with E-state index in [0.717, 1.165) is 0 Å². The molecule has 36 nitrogen and oxygen atoms in total. The summed E-state index contributed by atoms with van der Waals surface area (Å²) in [5.41, 5.74) is 82.7. The number of hydrogen-bond acceptors (Lipinski definition) is 15. The van der Waals surface area contributed by atoms with E-state index in [1.807, 2.05) is 0 Å². The van der Waals surface area contributed by atoms with Crippen molar-refractivity contribution in [2.75, 3.05) is 45.8 Å². The van der Waals surface area contributed by atoms with Crippen molar-refractivity contribution < 1.29 is 38.7 Å². The van der Waals surface area contributed by atoms with Gasteiger partial charge in [-0.3, -0.25) is 63.7 Å². The van der Waals surface area contributed by atoms with Crippen LogP contribution < -0.4 is 118 Å². The molecule has 0 radical (unpaired) electrons. The molecule has 0 aliphatic rings. The van der Waals surface area contributed by atoms with Crippen LogP contribution in [0.4, 0.5) is 0 Å². The van der Waals surface area contributed by atoms with Crippen LogP contribution in [0, 0.1) is 0 Å². The van der Waals surface area contributed by atoms with Gasteiger partial charge in [0, 0.05) is 45.8 Å². The van der Waals surface area contributed by atoms with Crippen LogP contribution in [0.25, 0.3) is 0 Å². The summed E-state index contributed by atoms with van der Waals surface area (Å²) in [7, 11) is 0. The van der Waals surface area contributed by atoms with Crippen molar-refractivity contribution in [2.24, 2.45) is 121 Å². The fourth-order valence-electron chi connectivity index (χ4n) is 6.91. The van der Waals surface area contributed by atoms with Crippen LogP contribution in [0.1, 0.15) is 89.9 Å². The lowest BCUT2D eigenvalue weighted by Gasteiger charge is -2.28. The summed E-state index contributed by atoms with van der Waals surface area (Å²) in [5.74, 6) is -8.11. The van der Waals surface area contributed by atoms with Crippen molar-refractivity contribution in [3.63, 3.8) is 0 Å². The molecule has 0 aromatic carbocycles. The van der Waals surface area contributed by atoms with Crippen LogP contribution in [0.2, 0.25) is 0 Å². The lowest BCUT2D eigenvalue weighted by atomic mass is 10.0. The number of carbonyl (C=O) groups excluding carboxylic acids is 6. The highest BCUT2D eigenvalue weighted by Gasteiger charge is 2.33. The number of amides is 6. The molecule has 7 atom stereocenters. The number of aliphatic imine (C=N–C) groups is 7. The molecule has 0 aliphatic heterocycles. The van der Waals surface area contributed by atoms with E-state index in [1.165, 1.54) is 0 Å². The molecule has 0 heterocycles. The van der Waals surface area contributed by atoms with E-state index in [1.54, 1.807) is 0 Å². The highest BCUT2D eigenvalue weighted by atomic mass is 16.4. The molecule has 0 aromatic rings.